The van der Waals surface area contributed by atoms with Crippen molar-refractivity contribution in [3.63, 3.8) is 0 Å². The van der Waals surface area contributed by atoms with Gasteiger partial charge in [0.05, 0.1) is 0 Å². The number of hydrogen-bond acceptors (Lipinski definition) is 2. The van der Waals surface area contributed by atoms with Crippen LogP contribution in [0.25, 0.3) is 0 Å². The fourth-order valence-electron chi connectivity index (χ4n) is 1.07. The monoisotopic (exact) mass is 218 g/mol. The lowest BCUT2D eigenvalue weighted by atomic mass is 10.2. The molecule has 16 heavy (non-hydrogen) atoms. The van der Waals surface area contributed by atoms with E-state index in [0.29, 0.717) is 0 Å². The van der Waals surface area contributed by atoms with Crippen molar-refractivity contribution in [2.24, 2.45) is 9.98 Å². The highest BCUT2D eigenvalue weighted by atomic mass is 14.7. The van der Waals surface area contributed by atoms with Crippen molar-refractivity contribution < 1.29 is 0 Å². The summed E-state index contributed by atoms with van der Waals surface area (Å²) in [5.41, 5.74) is 3.24. The quantitative estimate of drug-likeness (QED) is 0.593. The zero-order valence-corrected chi connectivity index (χ0v) is 10.8. The van der Waals surface area contributed by atoms with Crippen molar-refractivity contribution in [1.82, 2.24) is 0 Å². The average molecular weight is 218 g/mol. The topological polar surface area (TPSA) is 24.7 Å². The van der Waals surface area contributed by atoms with Crippen LogP contribution < -0.4 is 0 Å². The van der Waals surface area contributed by atoms with Crippen molar-refractivity contribution in [3.05, 3.63) is 35.2 Å². The number of nitrogens with zero attached hydrogens (tertiary/aromatic N) is 2. The van der Waals surface area contributed by atoms with Crippen molar-refractivity contribution >= 4 is 12.9 Å². The SMILES string of the molecule is C=NC(C)=CC\C=C(C)/N=C/C(=C\C)CC. The standard InChI is InChI=1S/C14H22N2/c1-6-14(7-2)11-16-13(4)10-8-9-12(3)15-5/h6,9-11H,5,7-8H2,1-4H3/b12-9?,13-10-,14-6-,16-11+. The zero-order valence-electron chi connectivity index (χ0n) is 10.8. The summed E-state index contributed by atoms with van der Waals surface area (Å²) in [6, 6.07) is 0. The Bertz CT molecular complexity index is 331. The van der Waals surface area contributed by atoms with Gasteiger partial charge in [-0.1, -0.05) is 25.2 Å². The molecule has 0 aliphatic rings. The molecule has 88 valence electrons. The van der Waals surface area contributed by atoms with Gasteiger partial charge in [0.25, 0.3) is 0 Å². The maximum Gasteiger partial charge on any atom is 0.0336 e. The zero-order chi connectivity index (χ0) is 12.4. The lowest BCUT2D eigenvalue weighted by Gasteiger charge is -1.95. The fraction of sp³-hybridized carbons (Fsp3) is 0.429. The lowest BCUT2D eigenvalue weighted by molar-refractivity contribution is 1.16. The molecule has 0 heterocycles. The van der Waals surface area contributed by atoms with Crippen LogP contribution >= 0.6 is 0 Å². The van der Waals surface area contributed by atoms with E-state index in [4.69, 9.17) is 0 Å². The van der Waals surface area contributed by atoms with Crippen LogP contribution in [-0.2, 0) is 0 Å². The molecule has 0 saturated heterocycles. The second-order valence-corrected chi connectivity index (χ2v) is 3.56. The molecule has 0 rings (SSSR count). The molecule has 0 amide bonds. The third-order valence-electron chi connectivity index (χ3n) is 2.29. The Labute approximate surface area is 99.2 Å². The van der Waals surface area contributed by atoms with Crippen LogP contribution in [0.1, 0.15) is 40.5 Å². The van der Waals surface area contributed by atoms with E-state index < -0.39 is 0 Å². The molecule has 0 saturated carbocycles. The summed E-state index contributed by atoms with van der Waals surface area (Å²) < 4.78 is 0. The Kier molecular flexibility index (Phi) is 8.04. The van der Waals surface area contributed by atoms with Gasteiger partial charge in [-0.15, -0.1) is 0 Å². The molecule has 0 unspecified atom stereocenters. The Morgan fingerprint density at radius 1 is 1.19 bits per heavy atom. The number of aliphatic imine (C=N–C) groups is 2. The van der Waals surface area contributed by atoms with E-state index in [0.717, 1.165) is 24.2 Å². The number of hydrogen-bond donors (Lipinski definition) is 0. The van der Waals surface area contributed by atoms with Gasteiger partial charge in [-0.2, -0.15) is 0 Å². The minimum Gasteiger partial charge on any atom is -0.270 e. The van der Waals surface area contributed by atoms with Crippen LogP contribution in [-0.4, -0.2) is 12.9 Å². The maximum absolute atomic E-state index is 4.38. The van der Waals surface area contributed by atoms with Crippen molar-refractivity contribution in [3.8, 4) is 0 Å². The van der Waals surface area contributed by atoms with Gasteiger partial charge >= 0.3 is 0 Å². The van der Waals surface area contributed by atoms with E-state index in [1.807, 2.05) is 33.1 Å². The Morgan fingerprint density at radius 2 is 1.81 bits per heavy atom. The highest BCUT2D eigenvalue weighted by Crippen LogP contribution is 2.03. The minimum absolute atomic E-state index is 0.853. The average Bonchev–Trinajstić information content (AvgIpc) is 2.30. The summed E-state index contributed by atoms with van der Waals surface area (Å²) in [7, 11) is 0. The van der Waals surface area contributed by atoms with Gasteiger partial charge in [-0.25, -0.2) is 0 Å². The summed E-state index contributed by atoms with van der Waals surface area (Å²) in [6.07, 6.45) is 9.99. The van der Waals surface area contributed by atoms with Gasteiger partial charge in [0, 0.05) is 17.6 Å². The molecular weight excluding hydrogens is 196 g/mol. The first-order chi connectivity index (χ1) is 7.63. The second kappa shape index (κ2) is 8.84. The molecule has 0 aromatic heterocycles. The second-order valence-electron chi connectivity index (χ2n) is 3.56. The number of rotatable bonds is 6. The van der Waals surface area contributed by atoms with Crippen LogP contribution in [0.4, 0.5) is 0 Å². The fourth-order valence-corrected chi connectivity index (χ4v) is 1.07. The van der Waals surface area contributed by atoms with Gasteiger partial charge in [0.15, 0.2) is 0 Å². The molecule has 2 heteroatoms. The molecule has 0 fully saturated rings. The lowest BCUT2D eigenvalue weighted by Crippen LogP contribution is -1.82. The molecule has 0 aromatic carbocycles. The molecule has 0 aromatic rings. The first kappa shape index (κ1) is 14.6. The predicted molar refractivity (Wildman–Crippen MR) is 74.2 cm³/mol. The van der Waals surface area contributed by atoms with E-state index in [1.165, 1.54) is 5.57 Å². The Balaban J connectivity index is 4.30. The summed E-state index contributed by atoms with van der Waals surface area (Å²) in [4.78, 5) is 8.20. The summed E-state index contributed by atoms with van der Waals surface area (Å²) in [5, 5.41) is 0. The van der Waals surface area contributed by atoms with Crippen molar-refractivity contribution in [2.75, 3.05) is 0 Å². The highest BCUT2D eigenvalue weighted by molar-refractivity contribution is 5.79. The van der Waals surface area contributed by atoms with Gasteiger partial charge in [0.1, 0.15) is 0 Å². The Morgan fingerprint density at radius 3 is 2.31 bits per heavy atom. The van der Waals surface area contributed by atoms with Crippen LogP contribution in [0.3, 0.4) is 0 Å². The highest BCUT2D eigenvalue weighted by Gasteiger charge is 1.87. The van der Waals surface area contributed by atoms with Gasteiger partial charge < -0.3 is 0 Å². The first-order valence-electron chi connectivity index (χ1n) is 5.63. The molecule has 0 N–H and O–H groups in total. The molecule has 0 bridgehead atoms. The van der Waals surface area contributed by atoms with Crippen LogP contribution in [0.15, 0.2) is 45.2 Å². The summed E-state index contributed by atoms with van der Waals surface area (Å²) in [6.45, 7) is 11.6. The van der Waals surface area contributed by atoms with E-state index in [-0.39, 0.29) is 0 Å². The van der Waals surface area contributed by atoms with Crippen LogP contribution in [0.5, 0.6) is 0 Å². The van der Waals surface area contributed by atoms with E-state index in [9.17, 15) is 0 Å². The normalized spacial score (nSPS) is 14.6. The predicted octanol–water partition coefficient (Wildman–Crippen LogP) is 4.31. The van der Waals surface area contributed by atoms with E-state index >= 15 is 0 Å². The first-order valence-corrected chi connectivity index (χ1v) is 5.63. The van der Waals surface area contributed by atoms with Crippen molar-refractivity contribution in [2.45, 2.75) is 40.5 Å². The molecule has 0 aliphatic heterocycles. The van der Waals surface area contributed by atoms with E-state index in [2.05, 4.69) is 35.8 Å². The summed E-state index contributed by atoms with van der Waals surface area (Å²) in [5.74, 6) is 0. The van der Waals surface area contributed by atoms with Gasteiger partial charge in [-0.05, 0) is 45.9 Å². The molecule has 0 radical (unpaired) electrons. The van der Waals surface area contributed by atoms with Gasteiger partial charge in [0.2, 0.25) is 0 Å². The third-order valence-corrected chi connectivity index (χ3v) is 2.29. The molecule has 0 atom stereocenters. The number of allylic oxidation sites excluding steroid dienone is 6. The largest absolute Gasteiger partial charge is 0.270 e. The van der Waals surface area contributed by atoms with Crippen molar-refractivity contribution in [1.29, 1.82) is 0 Å². The smallest absolute Gasteiger partial charge is 0.0336 e. The van der Waals surface area contributed by atoms with E-state index in [1.54, 1.807) is 0 Å². The van der Waals surface area contributed by atoms with Gasteiger partial charge in [-0.3, -0.25) is 9.98 Å². The minimum atomic E-state index is 0.853. The third kappa shape index (κ3) is 6.93. The molecule has 0 spiro atoms. The van der Waals surface area contributed by atoms with Crippen LogP contribution in [0.2, 0.25) is 0 Å². The molecular formula is C14H22N2. The molecule has 0 aliphatic carbocycles. The Hall–Kier alpha value is -1.44. The summed E-state index contributed by atoms with van der Waals surface area (Å²) >= 11 is 0. The molecule has 2 nitrogen and oxygen atoms in total. The van der Waals surface area contributed by atoms with Crippen LogP contribution in [0, 0.1) is 0 Å². The maximum atomic E-state index is 4.38.